The van der Waals surface area contributed by atoms with Crippen molar-refractivity contribution in [1.82, 2.24) is 5.32 Å². The maximum absolute atomic E-state index is 11.9. The predicted molar refractivity (Wildman–Crippen MR) is 89.0 cm³/mol. The highest BCUT2D eigenvalue weighted by Crippen LogP contribution is 2.15. The number of hydrogen-bond acceptors (Lipinski definition) is 3. The second kappa shape index (κ2) is 9.64. The molecule has 0 aliphatic rings. The van der Waals surface area contributed by atoms with Crippen molar-refractivity contribution in [3.63, 3.8) is 0 Å². The van der Waals surface area contributed by atoms with E-state index in [1.807, 2.05) is 52.0 Å². The van der Waals surface area contributed by atoms with Crippen LogP contribution in [0, 0.1) is 12.8 Å². The first-order valence-electron chi connectivity index (χ1n) is 7.20. The number of halogens is 1. The Hall–Kier alpha value is -1.26. The van der Waals surface area contributed by atoms with Crippen molar-refractivity contribution >= 4 is 18.3 Å². The fraction of sp³-hybridized carbons (Fsp3) is 0.562. The van der Waals surface area contributed by atoms with Crippen LogP contribution in [-0.4, -0.2) is 24.6 Å². The van der Waals surface area contributed by atoms with Crippen LogP contribution in [0.1, 0.15) is 32.8 Å². The summed E-state index contributed by atoms with van der Waals surface area (Å²) in [6.45, 7) is 8.25. The van der Waals surface area contributed by atoms with Crippen molar-refractivity contribution in [2.45, 2.75) is 46.3 Å². The number of benzene rings is 1. The Morgan fingerprint density at radius 1 is 1.38 bits per heavy atom. The number of carbonyl (C=O) groups excluding carboxylic acids is 1. The molecule has 1 amide bonds. The lowest BCUT2D eigenvalue weighted by molar-refractivity contribution is -0.125. The van der Waals surface area contributed by atoms with Crippen LogP contribution in [0.4, 0.5) is 0 Å². The van der Waals surface area contributed by atoms with Gasteiger partial charge in [-0.1, -0.05) is 26.0 Å². The Balaban J connectivity index is 0.00000400. The summed E-state index contributed by atoms with van der Waals surface area (Å²) in [4.78, 5) is 11.9. The van der Waals surface area contributed by atoms with Gasteiger partial charge in [-0.15, -0.1) is 12.4 Å². The van der Waals surface area contributed by atoms with Gasteiger partial charge in [-0.3, -0.25) is 4.79 Å². The molecule has 0 heterocycles. The van der Waals surface area contributed by atoms with Gasteiger partial charge in [0.05, 0.1) is 6.54 Å². The van der Waals surface area contributed by atoms with E-state index in [0.29, 0.717) is 6.54 Å². The minimum absolute atomic E-state index is 0. The second-order valence-electron chi connectivity index (χ2n) is 5.36. The molecule has 0 saturated carbocycles. The van der Waals surface area contributed by atoms with Gasteiger partial charge in [-0.25, -0.2) is 0 Å². The SMILES string of the molecule is CCC(CNC(=O)C(C)C(C)N)Oc1cccc(C)c1.Cl. The van der Waals surface area contributed by atoms with Crippen LogP contribution in [0.2, 0.25) is 0 Å². The number of hydrogen-bond donors (Lipinski definition) is 2. The molecule has 0 aliphatic heterocycles. The quantitative estimate of drug-likeness (QED) is 0.813. The molecule has 0 fully saturated rings. The van der Waals surface area contributed by atoms with Gasteiger partial charge >= 0.3 is 0 Å². The van der Waals surface area contributed by atoms with Crippen LogP contribution >= 0.6 is 12.4 Å². The van der Waals surface area contributed by atoms with Crippen molar-refractivity contribution in [3.8, 4) is 5.75 Å². The largest absolute Gasteiger partial charge is 0.489 e. The lowest BCUT2D eigenvalue weighted by Gasteiger charge is -2.21. The average molecular weight is 315 g/mol. The molecule has 0 bridgehead atoms. The maximum atomic E-state index is 11.9. The van der Waals surface area contributed by atoms with Crippen molar-refractivity contribution in [2.24, 2.45) is 11.7 Å². The summed E-state index contributed by atoms with van der Waals surface area (Å²) in [5.41, 5.74) is 6.88. The summed E-state index contributed by atoms with van der Waals surface area (Å²) in [5.74, 6) is 0.629. The molecule has 3 N–H and O–H groups in total. The molecule has 0 aromatic heterocycles. The fourth-order valence-corrected chi connectivity index (χ4v) is 1.76. The number of rotatable bonds is 7. The standard InChI is InChI=1S/C16H26N2O2.ClH/c1-5-14(10-18-16(19)12(3)13(4)17)20-15-8-6-7-11(2)9-15;/h6-9,12-14H,5,10,17H2,1-4H3,(H,18,19);1H. The van der Waals surface area contributed by atoms with E-state index in [0.717, 1.165) is 17.7 Å². The number of carbonyl (C=O) groups is 1. The topological polar surface area (TPSA) is 64.4 Å². The first kappa shape index (κ1) is 19.7. The van der Waals surface area contributed by atoms with Crippen molar-refractivity contribution in [2.75, 3.05) is 6.54 Å². The van der Waals surface area contributed by atoms with Gasteiger partial charge in [0.25, 0.3) is 0 Å². The molecular formula is C16H27ClN2O2. The van der Waals surface area contributed by atoms with E-state index in [-0.39, 0.29) is 36.4 Å². The van der Waals surface area contributed by atoms with Crippen LogP contribution in [0.5, 0.6) is 5.75 Å². The zero-order valence-corrected chi connectivity index (χ0v) is 14.1. The normalized spacial score (nSPS) is 14.5. The summed E-state index contributed by atoms with van der Waals surface area (Å²) in [7, 11) is 0. The molecule has 5 heteroatoms. The van der Waals surface area contributed by atoms with Crippen LogP contribution in [-0.2, 0) is 4.79 Å². The van der Waals surface area contributed by atoms with E-state index >= 15 is 0 Å². The minimum atomic E-state index is -0.188. The summed E-state index contributed by atoms with van der Waals surface area (Å²) in [5, 5.41) is 2.91. The van der Waals surface area contributed by atoms with Gasteiger partial charge in [-0.2, -0.15) is 0 Å². The molecule has 0 aliphatic carbocycles. The summed E-state index contributed by atoms with van der Waals surface area (Å²) in [6.07, 6.45) is 0.807. The van der Waals surface area contributed by atoms with Gasteiger partial charge < -0.3 is 15.8 Å². The molecule has 1 aromatic carbocycles. The molecule has 3 unspecified atom stereocenters. The fourth-order valence-electron chi connectivity index (χ4n) is 1.76. The molecule has 0 spiro atoms. The predicted octanol–water partition coefficient (Wildman–Crippen LogP) is 2.67. The minimum Gasteiger partial charge on any atom is -0.489 e. The molecule has 4 nitrogen and oxygen atoms in total. The smallest absolute Gasteiger partial charge is 0.224 e. The van der Waals surface area contributed by atoms with Gasteiger partial charge in [-0.05, 0) is 38.0 Å². The van der Waals surface area contributed by atoms with Gasteiger partial charge in [0.1, 0.15) is 11.9 Å². The van der Waals surface area contributed by atoms with Crippen LogP contribution in [0.15, 0.2) is 24.3 Å². The highest BCUT2D eigenvalue weighted by molar-refractivity contribution is 5.85. The first-order chi connectivity index (χ1) is 9.43. The number of nitrogens with one attached hydrogen (secondary N) is 1. The van der Waals surface area contributed by atoms with Crippen molar-refractivity contribution in [3.05, 3.63) is 29.8 Å². The first-order valence-corrected chi connectivity index (χ1v) is 7.20. The highest BCUT2D eigenvalue weighted by atomic mass is 35.5. The molecule has 0 saturated heterocycles. The zero-order valence-electron chi connectivity index (χ0n) is 13.3. The van der Waals surface area contributed by atoms with E-state index in [1.165, 1.54) is 0 Å². The molecule has 0 radical (unpaired) electrons. The number of nitrogens with two attached hydrogens (primary N) is 1. The third-order valence-corrected chi connectivity index (χ3v) is 3.45. The summed E-state index contributed by atoms with van der Waals surface area (Å²) < 4.78 is 5.89. The van der Waals surface area contributed by atoms with Crippen LogP contribution in [0.3, 0.4) is 0 Å². The van der Waals surface area contributed by atoms with Crippen LogP contribution in [0.25, 0.3) is 0 Å². The molecule has 21 heavy (non-hydrogen) atoms. The van der Waals surface area contributed by atoms with E-state index < -0.39 is 0 Å². The zero-order chi connectivity index (χ0) is 15.1. The Bertz CT molecular complexity index is 438. The van der Waals surface area contributed by atoms with Gasteiger partial charge in [0.2, 0.25) is 5.91 Å². The van der Waals surface area contributed by atoms with Crippen LogP contribution < -0.4 is 15.8 Å². The number of amides is 1. The lowest BCUT2D eigenvalue weighted by atomic mass is 10.0. The van der Waals surface area contributed by atoms with Gasteiger partial charge in [0.15, 0.2) is 0 Å². The molecular weight excluding hydrogens is 288 g/mol. The Labute approximate surface area is 133 Å². The number of ether oxygens (including phenoxy) is 1. The third-order valence-electron chi connectivity index (χ3n) is 3.45. The number of aryl methyl sites for hydroxylation is 1. The Morgan fingerprint density at radius 3 is 2.57 bits per heavy atom. The maximum Gasteiger partial charge on any atom is 0.224 e. The average Bonchev–Trinajstić information content (AvgIpc) is 2.42. The highest BCUT2D eigenvalue weighted by Gasteiger charge is 2.18. The van der Waals surface area contributed by atoms with E-state index in [4.69, 9.17) is 10.5 Å². The van der Waals surface area contributed by atoms with E-state index in [9.17, 15) is 4.79 Å². The van der Waals surface area contributed by atoms with E-state index in [2.05, 4.69) is 5.32 Å². The third kappa shape index (κ3) is 6.82. The summed E-state index contributed by atoms with van der Waals surface area (Å²) in [6, 6.07) is 7.78. The lowest BCUT2D eigenvalue weighted by Crippen LogP contribution is -2.42. The van der Waals surface area contributed by atoms with Crippen molar-refractivity contribution < 1.29 is 9.53 Å². The molecule has 120 valence electrons. The Morgan fingerprint density at radius 2 is 2.05 bits per heavy atom. The van der Waals surface area contributed by atoms with E-state index in [1.54, 1.807) is 0 Å². The van der Waals surface area contributed by atoms with Gasteiger partial charge in [0, 0.05) is 12.0 Å². The Kier molecular flexibility index (Phi) is 9.06. The molecule has 1 aromatic rings. The van der Waals surface area contributed by atoms with Crippen molar-refractivity contribution in [1.29, 1.82) is 0 Å². The second-order valence-corrected chi connectivity index (χ2v) is 5.36. The molecule has 3 atom stereocenters. The monoisotopic (exact) mass is 314 g/mol. The molecule has 1 rings (SSSR count). The summed E-state index contributed by atoms with van der Waals surface area (Å²) >= 11 is 0.